The van der Waals surface area contributed by atoms with Gasteiger partial charge in [-0.25, -0.2) is 4.99 Å². The number of hydrogen-bond donors (Lipinski definition) is 3. The van der Waals surface area contributed by atoms with Gasteiger partial charge in [-0.3, -0.25) is 4.79 Å². The third-order valence-corrected chi connectivity index (χ3v) is 5.21. The van der Waals surface area contributed by atoms with Gasteiger partial charge in [0.05, 0.1) is 6.10 Å². The lowest BCUT2D eigenvalue weighted by atomic mass is 9.95. The molecule has 2 fully saturated rings. The fraction of sp³-hybridized carbons (Fsp3) is 0.900. The van der Waals surface area contributed by atoms with Gasteiger partial charge in [-0.1, -0.05) is 38.5 Å². The van der Waals surface area contributed by atoms with E-state index >= 15 is 0 Å². The fourth-order valence-corrected chi connectivity index (χ4v) is 3.77. The second kappa shape index (κ2) is 13.0. The molecule has 2 saturated carbocycles. The highest BCUT2D eigenvalue weighted by Crippen LogP contribution is 2.20. The molecule has 0 spiro atoms. The van der Waals surface area contributed by atoms with E-state index in [4.69, 9.17) is 4.74 Å². The molecule has 0 aliphatic heterocycles. The number of hydrogen-bond acceptors (Lipinski definition) is 3. The normalized spacial score (nSPS) is 20.0. The molecule has 3 N–H and O–H groups in total. The quantitative estimate of drug-likeness (QED) is 0.333. The van der Waals surface area contributed by atoms with Crippen LogP contribution in [0.15, 0.2) is 4.99 Å². The molecular weight excluding hydrogens is 328 g/mol. The zero-order chi connectivity index (χ0) is 18.5. The van der Waals surface area contributed by atoms with E-state index in [1.54, 1.807) is 0 Å². The molecule has 2 aliphatic rings. The topological polar surface area (TPSA) is 74.8 Å². The van der Waals surface area contributed by atoms with Gasteiger partial charge < -0.3 is 20.7 Å². The summed E-state index contributed by atoms with van der Waals surface area (Å²) < 4.78 is 5.94. The van der Waals surface area contributed by atoms with E-state index in [2.05, 4.69) is 20.9 Å². The van der Waals surface area contributed by atoms with Crippen molar-refractivity contribution in [3.05, 3.63) is 0 Å². The molecule has 6 heteroatoms. The number of guanidine groups is 1. The first-order chi connectivity index (χ1) is 12.8. The molecule has 0 aromatic carbocycles. The monoisotopic (exact) mass is 366 g/mol. The van der Waals surface area contributed by atoms with Crippen LogP contribution in [0.1, 0.15) is 77.6 Å². The summed E-state index contributed by atoms with van der Waals surface area (Å²) >= 11 is 0. The third kappa shape index (κ3) is 8.88. The highest BCUT2D eigenvalue weighted by Gasteiger charge is 2.15. The minimum Gasteiger partial charge on any atom is -0.378 e. The van der Waals surface area contributed by atoms with E-state index in [1.165, 1.54) is 51.4 Å². The van der Waals surface area contributed by atoms with Crippen LogP contribution in [0.5, 0.6) is 0 Å². The summed E-state index contributed by atoms with van der Waals surface area (Å²) in [6.07, 6.45) is 13.8. The predicted octanol–water partition coefficient (Wildman–Crippen LogP) is 2.73. The maximum absolute atomic E-state index is 12.1. The van der Waals surface area contributed by atoms with Gasteiger partial charge in [-0.15, -0.1) is 0 Å². The first-order valence-corrected chi connectivity index (χ1v) is 10.7. The number of amides is 1. The molecule has 1 amide bonds. The minimum atomic E-state index is 0.0229. The molecule has 150 valence electrons. The molecule has 0 heterocycles. The van der Waals surface area contributed by atoms with Crippen LogP contribution in [-0.2, 0) is 9.53 Å². The van der Waals surface area contributed by atoms with E-state index in [0.717, 1.165) is 39.0 Å². The van der Waals surface area contributed by atoms with Crippen molar-refractivity contribution in [2.75, 3.05) is 26.2 Å². The summed E-state index contributed by atoms with van der Waals surface area (Å²) in [5.41, 5.74) is 0. The van der Waals surface area contributed by atoms with Crippen molar-refractivity contribution in [3.63, 3.8) is 0 Å². The van der Waals surface area contributed by atoms with Gasteiger partial charge in [0.15, 0.2) is 5.96 Å². The Labute approximate surface area is 158 Å². The summed E-state index contributed by atoms with van der Waals surface area (Å²) in [6, 6.07) is 0.346. The van der Waals surface area contributed by atoms with Crippen molar-refractivity contribution in [1.29, 1.82) is 0 Å². The van der Waals surface area contributed by atoms with Crippen LogP contribution in [-0.4, -0.2) is 50.3 Å². The minimum absolute atomic E-state index is 0.0229. The number of aliphatic imine (C=N–C) groups is 1. The SMILES string of the molecule is CCNC(=NCC(=O)NC1CCCCC1)NCCCOC1CCCCC1. The predicted molar refractivity (Wildman–Crippen MR) is 106 cm³/mol. The lowest BCUT2D eigenvalue weighted by molar-refractivity contribution is -0.120. The molecule has 2 aliphatic carbocycles. The van der Waals surface area contributed by atoms with Crippen molar-refractivity contribution < 1.29 is 9.53 Å². The Morgan fingerprint density at radius 3 is 2.38 bits per heavy atom. The van der Waals surface area contributed by atoms with E-state index in [-0.39, 0.29) is 12.5 Å². The zero-order valence-electron chi connectivity index (χ0n) is 16.5. The molecule has 6 nitrogen and oxygen atoms in total. The van der Waals surface area contributed by atoms with E-state index in [0.29, 0.717) is 18.1 Å². The van der Waals surface area contributed by atoms with Gasteiger partial charge >= 0.3 is 0 Å². The summed E-state index contributed by atoms with van der Waals surface area (Å²) in [6.45, 7) is 4.60. The van der Waals surface area contributed by atoms with E-state index < -0.39 is 0 Å². The van der Waals surface area contributed by atoms with Crippen molar-refractivity contribution in [1.82, 2.24) is 16.0 Å². The molecule has 26 heavy (non-hydrogen) atoms. The van der Waals surface area contributed by atoms with Gasteiger partial charge in [-0.05, 0) is 39.0 Å². The first-order valence-electron chi connectivity index (χ1n) is 10.7. The Bertz CT molecular complexity index is 416. The Morgan fingerprint density at radius 1 is 1.00 bits per heavy atom. The Kier molecular flexibility index (Phi) is 10.5. The lowest BCUT2D eigenvalue weighted by Gasteiger charge is -2.22. The first kappa shape index (κ1) is 21.0. The average Bonchev–Trinajstić information content (AvgIpc) is 2.67. The highest BCUT2D eigenvalue weighted by atomic mass is 16.5. The van der Waals surface area contributed by atoms with Crippen LogP contribution in [0, 0.1) is 0 Å². The second-order valence-electron chi connectivity index (χ2n) is 7.51. The third-order valence-electron chi connectivity index (χ3n) is 5.21. The smallest absolute Gasteiger partial charge is 0.242 e. The van der Waals surface area contributed by atoms with Gasteiger partial charge in [0, 0.05) is 25.7 Å². The maximum atomic E-state index is 12.1. The second-order valence-corrected chi connectivity index (χ2v) is 7.51. The number of rotatable bonds is 9. The molecule has 0 bridgehead atoms. The van der Waals surface area contributed by atoms with Crippen LogP contribution in [0.4, 0.5) is 0 Å². The van der Waals surface area contributed by atoms with Crippen molar-refractivity contribution >= 4 is 11.9 Å². The lowest BCUT2D eigenvalue weighted by Crippen LogP contribution is -2.41. The van der Waals surface area contributed by atoms with Crippen LogP contribution in [0.3, 0.4) is 0 Å². The molecule has 2 rings (SSSR count). The zero-order valence-corrected chi connectivity index (χ0v) is 16.5. The highest BCUT2D eigenvalue weighted by molar-refractivity contribution is 5.84. The molecular formula is C20H38N4O2. The Morgan fingerprint density at radius 2 is 1.69 bits per heavy atom. The number of nitrogens with one attached hydrogen (secondary N) is 3. The summed E-state index contributed by atoms with van der Waals surface area (Å²) in [5, 5.41) is 9.60. The van der Waals surface area contributed by atoms with Crippen molar-refractivity contribution in [2.24, 2.45) is 4.99 Å². The average molecular weight is 367 g/mol. The largest absolute Gasteiger partial charge is 0.378 e. The molecule has 0 radical (unpaired) electrons. The van der Waals surface area contributed by atoms with Gasteiger partial charge in [0.25, 0.3) is 0 Å². The van der Waals surface area contributed by atoms with Gasteiger partial charge in [0.2, 0.25) is 5.91 Å². The Hall–Kier alpha value is -1.30. The fourth-order valence-electron chi connectivity index (χ4n) is 3.77. The molecule has 0 aromatic heterocycles. The van der Waals surface area contributed by atoms with E-state index in [9.17, 15) is 4.79 Å². The summed E-state index contributed by atoms with van der Waals surface area (Å²) in [4.78, 5) is 16.5. The summed E-state index contributed by atoms with van der Waals surface area (Å²) in [5.74, 6) is 0.735. The molecule has 0 unspecified atom stereocenters. The van der Waals surface area contributed by atoms with Gasteiger partial charge in [0.1, 0.15) is 6.54 Å². The van der Waals surface area contributed by atoms with Crippen LogP contribution in [0.2, 0.25) is 0 Å². The van der Waals surface area contributed by atoms with Crippen LogP contribution in [0.25, 0.3) is 0 Å². The molecule has 0 aromatic rings. The van der Waals surface area contributed by atoms with Crippen LogP contribution >= 0.6 is 0 Å². The van der Waals surface area contributed by atoms with Crippen molar-refractivity contribution in [2.45, 2.75) is 89.7 Å². The standard InChI is InChI=1S/C20H38N4O2/c1-2-21-20(22-14-9-15-26-18-12-7-4-8-13-18)23-16-19(25)24-17-10-5-3-6-11-17/h17-18H,2-16H2,1H3,(H,24,25)(H2,21,22,23). The molecule has 0 saturated heterocycles. The summed E-state index contributed by atoms with van der Waals surface area (Å²) in [7, 11) is 0. The number of carbonyl (C=O) groups is 1. The van der Waals surface area contributed by atoms with Crippen LogP contribution < -0.4 is 16.0 Å². The number of nitrogens with zero attached hydrogens (tertiary/aromatic N) is 1. The van der Waals surface area contributed by atoms with Gasteiger partial charge in [-0.2, -0.15) is 0 Å². The Balaban J connectivity index is 1.59. The van der Waals surface area contributed by atoms with Crippen molar-refractivity contribution in [3.8, 4) is 0 Å². The van der Waals surface area contributed by atoms with E-state index in [1.807, 2.05) is 6.92 Å². The maximum Gasteiger partial charge on any atom is 0.242 e. The molecule has 0 atom stereocenters. The number of carbonyl (C=O) groups excluding carboxylic acids is 1. The number of ether oxygens (including phenoxy) is 1.